The molecule has 1 amide bonds. The number of rotatable bonds is 10. The van der Waals surface area contributed by atoms with Crippen LogP contribution in [0.15, 0.2) is 35.7 Å². The molecule has 0 N–H and O–H groups in total. The van der Waals surface area contributed by atoms with E-state index in [2.05, 4.69) is 16.9 Å². The highest BCUT2D eigenvalue weighted by Gasteiger charge is 2.24. The lowest BCUT2D eigenvalue weighted by atomic mass is 10.2. The predicted octanol–water partition coefficient (Wildman–Crippen LogP) is 5.52. The normalized spacial score (nSPS) is 10.8. The summed E-state index contributed by atoms with van der Waals surface area (Å²) in [6.07, 6.45) is 3.15. The molecule has 0 saturated heterocycles. The number of hydrogen-bond acceptors (Lipinski definition) is 7. The van der Waals surface area contributed by atoms with Gasteiger partial charge in [-0.25, -0.2) is 14.8 Å². The van der Waals surface area contributed by atoms with Crippen LogP contribution in [-0.4, -0.2) is 35.0 Å². The van der Waals surface area contributed by atoms with E-state index in [1.807, 2.05) is 35.7 Å². The smallest absolute Gasteiger partial charge is 0.350 e. The van der Waals surface area contributed by atoms with Crippen LogP contribution in [-0.2, 0) is 16.0 Å². The van der Waals surface area contributed by atoms with E-state index in [0.717, 1.165) is 35.5 Å². The second-order valence-corrected chi connectivity index (χ2v) is 8.91. The lowest BCUT2D eigenvalue weighted by Gasteiger charge is -2.19. The Balaban J connectivity index is 1.79. The van der Waals surface area contributed by atoms with Crippen molar-refractivity contribution in [1.82, 2.24) is 9.97 Å². The van der Waals surface area contributed by atoms with Crippen LogP contribution in [0.1, 0.15) is 54.2 Å². The van der Waals surface area contributed by atoms with E-state index >= 15 is 0 Å². The summed E-state index contributed by atoms with van der Waals surface area (Å²) in [4.78, 5) is 36.7. The van der Waals surface area contributed by atoms with Crippen molar-refractivity contribution >= 4 is 39.7 Å². The van der Waals surface area contributed by atoms with Gasteiger partial charge in [0.2, 0.25) is 5.91 Å². The Morgan fingerprint density at radius 1 is 1.10 bits per heavy atom. The van der Waals surface area contributed by atoms with Crippen LogP contribution in [0.5, 0.6) is 0 Å². The number of aromatic nitrogens is 2. The third-order valence-corrected chi connectivity index (χ3v) is 6.77. The van der Waals surface area contributed by atoms with Gasteiger partial charge in [-0.2, -0.15) is 0 Å². The molecule has 0 fully saturated rings. The summed E-state index contributed by atoms with van der Waals surface area (Å²) < 4.78 is 5.12. The van der Waals surface area contributed by atoms with Crippen molar-refractivity contribution in [2.24, 2.45) is 0 Å². The van der Waals surface area contributed by atoms with Gasteiger partial charge in [0.15, 0.2) is 5.13 Å². The summed E-state index contributed by atoms with van der Waals surface area (Å²) in [5.41, 5.74) is 2.38. The second kappa shape index (κ2) is 11.2. The van der Waals surface area contributed by atoms with Crippen molar-refractivity contribution in [3.8, 4) is 10.6 Å². The molecule has 3 rings (SSSR count). The molecular formula is C23H27N3O3S2. The maximum absolute atomic E-state index is 13.2. The van der Waals surface area contributed by atoms with Crippen LogP contribution < -0.4 is 4.90 Å². The van der Waals surface area contributed by atoms with Gasteiger partial charge >= 0.3 is 5.97 Å². The van der Waals surface area contributed by atoms with Gasteiger partial charge in [0, 0.05) is 17.5 Å². The average Bonchev–Trinajstić information content (AvgIpc) is 3.38. The number of amides is 1. The number of carbonyl (C=O) groups is 2. The first kappa shape index (κ1) is 23.1. The quantitative estimate of drug-likeness (QED) is 0.296. The summed E-state index contributed by atoms with van der Waals surface area (Å²) in [6, 6.07) is 9.94. The molecule has 0 unspecified atom stereocenters. The van der Waals surface area contributed by atoms with Crippen molar-refractivity contribution in [2.75, 3.05) is 18.1 Å². The van der Waals surface area contributed by atoms with Crippen LogP contribution >= 0.6 is 22.7 Å². The summed E-state index contributed by atoms with van der Waals surface area (Å²) >= 11 is 2.75. The third kappa shape index (κ3) is 5.98. The average molecular weight is 458 g/mol. The Morgan fingerprint density at radius 2 is 1.87 bits per heavy atom. The monoisotopic (exact) mass is 457 g/mol. The maximum Gasteiger partial charge on any atom is 0.350 e. The zero-order valence-electron chi connectivity index (χ0n) is 18.1. The zero-order chi connectivity index (χ0) is 22.2. The molecule has 0 spiro atoms. The number of nitrogens with zero attached hydrogens (tertiary/aromatic N) is 3. The van der Waals surface area contributed by atoms with E-state index in [1.165, 1.54) is 22.7 Å². The van der Waals surface area contributed by atoms with E-state index in [4.69, 9.17) is 4.74 Å². The van der Waals surface area contributed by atoms with Crippen molar-refractivity contribution in [2.45, 2.75) is 46.5 Å². The molecule has 8 heteroatoms. The van der Waals surface area contributed by atoms with Crippen molar-refractivity contribution < 1.29 is 14.3 Å². The molecule has 0 saturated carbocycles. The van der Waals surface area contributed by atoms with E-state index < -0.39 is 5.97 Å². The number of hydrogen-bond donors (Lipinski definition) is 0. The predicted molar refractivity (Wildman–Crippen MR) is 126 cm³/mol. The fourth-order valence-electron chi connectivity index (χ4n) is 3.08. The van der Waals surface area contributed by atoms with Crippen LogP contribution in [0.4, 0.5) is 5.13 Å². The molecule has 31 heavy (non-hydrogen) atoms. The molecule has 0 aliphatic heterocycles. The van der Waals surface area contributed by atoms with Gasteiger partial charge in [-0.3, -0.25) is 9.69 Å². The molecule has 164 valence electrons. The second-order valence-electron chi connectivity index (χ2n) is 7.07. The lowest BCUT2D eigenvalue weighted by Crippen LogP contribution is -2.33. The number of ether oxygens (including phenoxy) is 1. The Hall–Kier alpha value is -2.58. The molecule has 0 radical (unpaired) electrons. The Bertz CT molecular complexity index is 1010. The largest absolute Gasteiger partial charge is 0.462 e. The number of unbranched alkanes of at least 4 members (excludes halogenated alkanes) is 2. The van der Waals surface area contributed by atoms with Crippen molar-refractivity contribution in [3.63, 3.8) is 0 Å². The van der Waals surface area contributed by atoms with Crippen LogP contribution in [0, 0.1) is 6.92 Å². The molecular weight excluding hydrogens is 430 g/mol. The molecule has 2 aromatic heterocycles. The fourth-order valence-corrected chi connectivity index (χ4v) is 4.91. The number of thiazole rings is 2. The molecule has 2 heterocycles. The van der Waals surface area contributed by atoms with E-state index in [9.17, 15) is 9.59 Å². The maximum atomic E-state index is 13.2. The minimum absolute atomic E-state index is 0.0647. The van der Waals surface area contributed by atoms with E-state index in [-0.39, 0.29) is 12.3 Å². The first-order chi connectivity index (χ1) is 15.0. The van der Waals surface area contributed by atoms with Gasteiger partial charge in [-0.1, -0.05) is 61.4 Å². The molecule has 0 aliphatic rings. The van der Waals surface area contributed by atoms with Crippen LogP contribution in [0.25, 0.3) is 10.6 Å². The van der Waals surface area contributed by atoms with Gasteiger partial charge < -0.3 is 4.74 Å². The molecule has 1 aromatic carbocycles. The van der Waals surface area contributed by atoms with Gasteiger partial charge in [0.05, 0.1) is 24.4 Å². The number of carbonyl (C=O) groups excluding carboxylic acids is 2. The number of anilines is 1. The first-order valence-corrected chi connectivity index (χ1v) is 12.2. The fraction of sp³-hybridized carbons (Fsp3) is 0.391. The third-order valence-electron chi connectivity index (χ3n) is 4.67. The molecule has 0 atom stereocenters. The molecule has 0 aliphatic carbocycles. The highest BCUT2D eigenvalue weighted by atomic mass is 32.1. The Labute approximate surface area is 190 Å². The Morgan fingerprint density at radius 3 is 2.58 bits per heavy atom. The number of aryl methyl sites for hydroxylation is 1. The standard InChI is InChI=1S/C23H27N3O3S2/c1-4-6-10-13-26(23-24-16(3)20(31-23)22(28)29-5-2)19(27)14-18-15-30-21(25-18)17-11-8-7-9-12-17/h7-9,11-12,15H,4-6,10,13-14H2,1-3H3. The topological polar surface area (TPSA) is 72.4 Å². The first-order valence-electron chi connectivity index (χ1n) is 10.5. The molecule has 3 aromatic rings. The van der Waals surface area contributed by atoms with E-state index in [0.29, 0.717) is 28.9 Å². The zero-order valence-corrected chi connectivity index (χ0v) is 19.7. The SMILES string of the molecule is CCCCCN(C(=O)Cc1csc(-c2ccccc2)n1)c1nc(C)c(C(=O)OCC)s1. The van der Waals surface area contributed by atoms with Crippen LogP contribution in [0.3, 0.4) is 0 Å². The number of esters is 1. The highest BCUT2D eigenvalue weighted by molar-refractivity contribution is 7.17. The number of benzene rings is 1. The van der Waals surface area contributed by atoms with Gasteiger partial charge in [0.25, 0.3) is 0 Å². The van der Waals surface area contributed by atoms with Gasteiger partial charge in [0.1, 0.15) is 9.88 Å². The van der Waals surface area contributed by atoms with E-state index in [1.54, 1.807) is 18.7 Å². The summed E-state index contributed by atoms with van der Waals surface area (Å²) in [6.45, 7) is 6.54. The minimum Gasteiger partial charge on any atom is -0.462 e. The highest BCUT2D eigenvalue weighted by Crippen LogP contribution is 2.29. The summed E-state index contributed by atoms with van der Waals surface area (Å²) in [7, 11) is 0. The molecule has 0 bridgehead atoms. The van der Waals surface area contributed by atoms with Crippen LogP contribution in [0.2, 0.25) is 0 Å². The lowest BCUT2D eigenvalue weighted by molar-refractivity contribution is -0.118. The summed E-state index contributed by atoms with van der Waals surface area (Å²) in [5.74, 6) is -0.457. The van der Waals surface area contributed by atoms with Crippen molar-refractivity contribution in [3.05, 3.63) is 52.0 Å². The van der Waals surface area contributed by atoms with Gasteiger partial charge in [-0.05, 0) is 20.3 Å². The Kier molecular flexibility index (Phi) is 8.31. The molecule has 6 nitrogen and oxygen atoms in total. The van der Waals surface area contributed by atoms with Gasteiger partial charge in [-0.15, -0.1) is 11.3 Å². The van der Waals surface area contributed by atoms with Crippen molar-refractivity contribution in [1.29, 1.82) is 0 Å². The summed E-state index contributed by atoms with van der Waals surface area (Å²) in [5, 5.41) is 3.37. The minimum atomic E-state index is -0.392.